The van der Waals surface area contributed by atoms with E-state index in [9.17, 15) is 0 Å². The van der Waals surface area contributed by atoms with Crippen LogP contribution >= 0.6 is 0 Å². The smallest absolute Gasteiger partial charge is 0.249 e. The predicted molar refractivity (Wildman–Crippen MR) is 48.0 cm³/mol. The van der Waals surface area contributed by atoms with Gasteiger partial charge in [0, 0.05) is 12.4 Å². The lowest BCUT2D eigenvalue weighted by Gasteiger charge is -1.87. The van der Waals surface area contributed by atoms with Gasteiger partial charge in [-0.25, -0.2) is 15.0 Å². The molecule has 0 bridgehead atoms. The Hall–Kier alpha value is -1.97. The van der Waals surface area contributed by atoms with Crippen molar-refractivity contribution in [2.24, 2.45) is 4.99 Å². The first kappa shape index (κ1) is 7.67. The summed E-state index contributed by atoms with van der Waals surface area (Å²) in [6.07, 6.45) is 6.45. The van der Waals surface area contributed by atoms with E-state index in [4.69, 9.17) is 4.42 Å². The van der Waals surface area contributed by atoms with Gasteiger partial charge in [-0.05, 0) is 18.2 Å². The molecule has 0 aliphatic carbocycles. The van der Waals surface area contributed by atoms with Crippen molar-refractivity contribution >= 4 is 12.2 Å². The molecule has 0 unspecified atom stereocenters. The predicted octanol–water partition coefficient (Wildman–Crippen LogP) is 1.82. The molecule has 2 aromatic rings. The van der Waals surface area contributed by atoms with Gasteiger partial charge in [-0.1, -0.05) is 0 Å². The first-order valence-electron chi connectivity index (χ1n) is 3.80. The van der Waals surface area contributed by atoms with Gasteiger partial charge in [0.25, 0.3) is 0 Å². The zero-order valence-electron chi connectivity index (χ0n) is 6.79. The average Bonchev–Trinajstić information content (AvgIpc) is 2.69. The standard InChI is InChI=1S/C9H7N3O/c1-3-8(13-6-1)7-12-9-10-4-2-5-11-9/h1-7H/b12-7+. The van der Waals surface area contributed by atoms with E-state index in [1.54, 1.807) is 37.0 Å². The molecular formula is C9H7N3O. The van der Waals surface area contributed by atoms with Crippen LogP contribution in [-0.2, 0) is 0 Å². The molecule has 13 heavy (non-hydrogen) atoms. The molecule has 0 aliphatic heterocycles. The number of aromatic nitrogens is 2. The zero-order chi connectivity index (χ0) is 8.93. The van der Waals surface area contributed by atoms with E-state index in [-0.39, 0.29) is 0 Å². The topological polar surface area (TPSA) is 51.3 Å². The van der Waals surface area contributed by atoms with Gasteiger partial charge in [0.2, 0.25) is 5.95 Å². The third-order valence-corrected chi connectivity index (χ3v) is 1.40. The summed E-state index contributed by atoms with van der Waals surface area (Å²) in [6, 6.07) is 5.35. The first-order valence-corrected chi connectivity index (χ1v) is 3.80. The summed E-state index contributed by atoms with van der Waals surface area (Å²) in [5.74, 6) is 1.12. The number of aliphatic imine (C=N–C) groups is 1. The van der Waals surface area contributed by atoms with Crippen molar-refractivity contribution < 1.29 is 4.42 Å². The summed E-state index contributed by atoms with van der Waals surface area (Å²) in [6.45, 7) is 0. The summed E-state index contributed by atoms with van der Waals surface area (Å²) < 4.78 is 5.05. The van der Waals surface area contributed by atoms with E-state index in [1.807, 2.05) is 6.07 Å². The molecule has 0 saturated carbocycles. The minimum absolute atomic E-state index is 0.430. The summed E-state index contributed by atoms with van der Waals surface area (Å²) in [5.41, 5.74) is 0. The number of hydrogen-bond donors (Lipinski definition) is 0. The van der Waals surface area contributed by atoms with E-state index in [1.165, 1.54) is 0 Å². The van der Waals surface area contributed by atoms with Crippen LogP contribution in [0.3, 0.4) is 0 Å². The maximum atomic E-state index is 5.05. The Kier molecular flexibility index (Phi) is 2.14. The lowest BCUT2D eigenvalue weighted by molar-refractivity contribution is 0.560. The Balaban J connectivity index is 2.15. The largest absolute Gasteiger partial charge is 0.463 e. The maximum absolute atomic E-state index is 5.05. The van der Waals surface area contributed by atoms with Crippen LogP contribution in [-0.4, -0.2) is 16.2 Å². The molecule has 2 rings (SSSR count). The van der Waals surface area contributed by atoms with Gasteiger partial charge in [0.1, 0.15) is 5.76 Å². The van der Waals surface area contributed by atoms with Crippen LogP contribution in [0.2, 0.25) is 0 Å². The van der Waals surface area contributed by atoms with Crippen molar-refractivity contribution in [1.29, 1.82) is 0 Å². The molecule has 0 aromatic carbocycles. The molecule has 0 amide bonds. The third kappa shape index (κ3) is 1.99. The zero-order valence-corrected chi connectivity index (χ0v) is 6.79. The SMILES string of the molecule is C(=N\c1ncccn1)/c1ccco1. The van der Waals surface area contributed by atoms with E-state index < -0.39 is 0 Å². The van der Waals surface area contributed by atoms with E-state index >= 15 is 0 Å². The molecule has 0 radical (unpaired) electrons. The molecule has 0 aliphatic rings. The Bertz CT molecular complexity index is 381. The highest BCUT2D eigenvalue weighted by molar-refractivity contribution is 5.77. The first-order chi connectivity index (χ1) is 6.45. The number of rotatable bonds is 2. The van der Waals surface area contributed by atoms with Crippen LogP contribution < -0.4 is 0 Å². The number of nitrogens with zero attached hydrogens (tertiary/aromatic N) is 3. The van der Waals surface area contributed by atoms with Gasteiger partial charge < -0.3 is 4.42 Å². The Morgan fingerprint density at radius 1 is 1.23 bits per heavy atom. The Labute approximate surface area is 75.0 Å². The Morgan fingerprint density at radius 2 is 2.08 bits per heavy atom. The van der Waals surface area contributed by atoms with E-state index in [2.05, 4.69) is 15.0 Å². The fourth-order valence-electron chi connectivity index (χ4n) is 0.844. The van der Waals surface area contributed by atoms with Crippen molar-refractivity contribution in [3.8, 4) is 0 Å². The van der Waals surface area contributed by atoms with Crippen LogP contribution in [0, 0.1) is 0 Å². The fourth-order valence-corrected chi connectivity index (χ4v) is 0.844. The van der Waals surface area contributed by atoms with Gasteiger partial charge >= 0.3 is 0 Å². The monoisotopic (exact) mass is 173 g/mol. The van der Waals surface area contributed by atoms with Gasteiger partial charge in [-0.3, -0.25) is 0 Å². The van der Waals surface area contributed by atoms with Crippen LogP contribution in [0.25, 0.3) is 0 Å². The van der Waals surface area contributed by atoms with Gasteiger partial charge in [0.15, 0.2) is 0 Å². The van der Waals surface area contributed by atoms with Crippen molar-refractivity contribution in [1.82, 2.24) is 9.97 Å². The van der Waals surface area contributed by atoms with Crippen molar-refractivity contribution in [3.63, 3.8) is 0 Å². The third-order valence-electron chi connectivity index (χ3n) is 1.40. The molecule has 2 heterocycles. The van der Waals surface area contributed by atoms with Crippen molar-refractivity contribution in [3.05, 3.63) is 42.6 Å². The molecule has 0 fully saturated rings. The quantitative estimate of drug-likeness (QED) is 0.651. The minimum Gasteiger partial charge on any atom is -0.463 e. The molecule has 2 aromatic heterocycles. The van der Waals surface area contributed by atoms with Crippen LogP contribution in [0.1, 0.15) is 5.76 Å². The molecule has 0 saturated heterocycles. The van der Waals surface area contributed by atoms with Crippen LogP contribution in [0.5, 0.6) is 0 Å². The summed E-state index contributed by atoms with van der Waals surface area (Å²) in [5, 5.41) is 0. The summed E-state index contributed by atoms with van der Waals surface area (Å²) in [4.78, 5) is 11.9. The van der Waals surface area contributed by atoms with Crippen molar-refractivity contribution in [2.45, 2.75) is 0 Å². The second-order valence-corrected chi connectivity index (χ2v) is 2.32. The molecule has 4 nitrogen and oxygen atoms in total. The summed E-state index contributed by atoms with van der Waals surface area (Å²) in [7, 11) is 0. The lowest BCUT2D eigenvalue weighted by atomic mass is 10.5. The molecule has 4 heteroatoms. The summed E-state index contributed by atoms with van der Waals surface area (Å²) >= 11 is 0. The highest BCUT2D eigenvalue weighted by Gasteiger charge is 1.90. The van der Waals surface area contributed by atoms with E-state index in [0.29, 0.717) is 11.7 Å². The second kappa shape index (κ2) is 3.62. The minimum atomic E-state index is 0.430. The van der Waals surface area contributed by atoms with Crippen LogP contribution in [0.15, 0.2) is 46.3 Å². The Morgan fingerprint density at radius 3 is 2.77 bits per heavy atom. The molecule has 0 N–H and O–H groups in total. The molecule has 64 valence electrons. The fraction of sp³-hybridized carbons (Fsp3) is 0. The van der Waals surface area contributed by atoms with Crippen molar-refractivity contribution in [2.75, 3.05) is 0 Å². The molecule has 0 atom stereocenters. The highest BCUT2D eigenvalue weighted by Crippen LogP contribution is 2.01. The second-order valence-electron chi connectivity index (χ2n) is 2.32. The van der Waals surface area contributed by atoms with Gasteiger partial charge in [0.05, 0.1) is 12.5 Å². The maximum Gasteiger partial charge on any atom is 0.249 e. The van der Waals surface area contributed by atoms with E-state index in [0.717, 1.165) is 0 Å². The van der Waals surface area contributed by atoms with Gasteiger partial charge in [-0.2, -0.15) is 0 Å². The van der Waals surface area contributed by atoms with Crippen LogP contribution in [0.4, 0.5) is 5.95 Å². The lowest BCUT2D eigenvalue weighted by Crippen LogP contribution is -1.79. The number of furan rings is 1. The molecule has 0 spiro atoms. The average molecular weight is 173 g/mol. The van der Waals surface area contributed by atoms with Gasteiger partial charge in [-0.15, -0.1) is 0 Å². The highest BCUT2D eigenvalue weighted by atomic mass is 16.3. The molecular weight excluding hydrogens is 166 g/mol. The normalized spacial score (nSPS) is 10.8. The number of hydrogen-bond acceptors (Lipinski definition) is 4.